The zero-order chi connectivity index (χ0) is 15.1. The first-order valence-corrected chi connectivity index (χ1v) is 7.51. The molecule has 1 aliphatic rings. The van der Waals surface area contributed by atoms with Crippen LogP contribution in [0.1, 0.15) is 24.8 Å². The lowest BCUT2D eigenvalue weighted by Crippen LogP contribution is -2.49. The topological polar surface area (TPSA) is 84.2 Å². The van der Waals surface area contributed by atoms with Crippen molar-refractivity contribution in [3.63, 3.8) is 0 Å². The summed E-state index contributed by atoms with van der Waals surface area (Å²) in [5.41, 5.74) is 6.53. The number of nitrogens with one attached hydrogen (secondary N) is 2. The Morgan fingerprint density at radius 1 is 1.33 bits per heavy atom. The molecule has 2 atom stereocenters. The first-order valence-electron chi connectivity index (χ1n) is 7.51. The van der Waals surface area contributed by atoms with Gasteiger partial charge in [0, 0.05) is 6.42 Å². The molecule has 0 aromatic heterocycles. The number of benzene rings is 1. The van der Waals surface area contributed by atoms with Crippen LogP contribution in [0.3, 0.4) is 0 Å². The van der Waals surface area contributed by atoms with Crippen molar-refractivity contribution in [1.82, 2.24) is 10.6 Å². The molecule has 5 heteroatoms. The van der Waals surface area contributed by atoms with Crippen molar-refractivity contribution in [2.75, 3.05) is 13.1 Å². The van der Waals surface area contributed by atoms with Gasteiger partial charge < -0.3 is 16.4 Å². The van der Waals surface area contributed by atoms with Crippen molar-refractivity contribution < 1.29 is 9.59 Å². The van der Waals surface area contributed by atoms with Crippen molar-refractivity contribution in [3.05, 3.63) is 35.9 Å². The number of Topliss-reactive ketones (excluding diaryl/α,β-unsaturated/α-hetero) is 1. The van der Waals surface area contributed by atoms with Crippen molar-refractivity contribution in [3.8, 4) is 0 Å². The van der Waals surface area contributed by atoms with E-state index < -0.39 is 6.04 Å². The number of carbonyl (C=O) groups excluding carboxylic acids is 2. The van der Waals surface area contributed by atoms with Crippen LogP contribution in [0.5, 0.6) is 0 Å². The second kappa shape index (κ2) is 7.90. The normalized spacial score (nSPS) is 19.2. The molecule has 1 aromatic carbocycles. The van der Waals surface area contributed by atoms with Gasteiger partial charge in [-0.05, 0) is 37.9 Å². The average molecular weight is 289 g/mol. The summed E-state index contributed by atoms with van der Waals surface area (Å²) in [6, 6.07) is 8.89. The smallest absolute Gasteiger partial charge is 0.237 e. The molecule has 0 saturated carbocycles. The van der Waals surface area contributed by atoms with E-state index in [1.807, 2.05) is 30.3 Å². The van der Waals surface area contributed by atoms with Gasteiger partial charge in [0.15, 0.2) is 5.78 Å². The van der Waals surface area contributed by atoms with Gasteiger partial charge in [0.1, 0.15) is 0 Å². The third kappa shape index (κ3) is 4.65. The summed E-state index contributed by atoms with van der Waals surface area (Å²) < 4.78 is 0. The van der Waals surface area contributed by atoms with Gasteiger partial charge >= 0.3 is 0 Å². The van der Waals surface area contributed by atoms with Crippen molar-refractivity contribution in [2.45, 2.75) is 37.8 Å². The monoisotopic (exact) mass is 289 g/mol. The van der Waals surface area contributed by atoms with Crippen LogP contribution in [0.25, 0.3) is 0 Å². The second-order valence-electron chi connectivity index (χ2n) is 5.42. The van der Waals surface area contributed by atoms with E-state index >= 15 is 0 Å². The molecular weight excluding hydrogens is 266 g/mol. The Balaban J connectivity index is 1.93. The van der Waals surface area contributed by atoms with Crippen LogP contribution >= 0.6 is 0 Å². The molecule has 5 nitrogen and oxygen atoms in total. The van der Waals surface area contributed by atoms with Crippen molar-refractivity contribution in [1.29, 1.82) is 0 Å². The van der Waals surface area contributed by atoms with Crippen LogP contribution in [0.2, 0.25) is 0 Å². The van der Waals surface area contributed by atoms with E-state index in [2.05, 4.69) is 10.6 Å². The summed E-state index contributed by atoms with van der Waals surface area (Å²) in [4.78, 5) is 24.5. The Morgan fingerprint density at radius 3 is 2.71 bits per heavy atom. The van der Waals surface area contributed by atoms with E-state index in [-0.39, 0.29) is 17.7 Å². The van der Waals surface area contributed by atoms with Gasteiger partial charge in [0.2, 0.25) is 5.91 Å². The lowest BCUT2D eigenvalue weighted by atomic mass is 10.0. The molecule has 2 rings (SSSR count). The lowest BCUT2D eigenvalue weighted by molar-refractivity contribution is -0.128. The predicted molar refractivity (Wildman–Crippen MR) is 81.8 cm³/mol. The third-order valence-electron chi connectivity index (χ3n) is 3.76. The van der Waals surface area contributed by atoms with Crippen LogP contribution < -0.4 is 16.4 Å². The van der Waals surface area contributed by atoms with Gasteiger partial charge in [-0.2, -0.15) is 0 Å². The number of ketones is 1. The fourth-order valence-corrected chi connectivity index (χ4v) is 2.58. The van der Waals surface area contributed by atoms with Crippen molar-refractivity contribution >= 4 is 11.7 Å². The van der Waals surface area contributed by atoms with Crippen LogP contribution in [0.15, 0.2) is 30.3 Å². The van der Waals surface area contributed by atoms with Crippen LogP contribution in [-0.4, -0.2) is 36.9 Å². The minimum atomic E-state index is -0.495. The van der Waals surface area contributed by atoms with E-state index in [9.17, 15) is 9.59 Å². The minimum absolute atomic E-state index is 0.0120. The third-order valence-corrected chi connectivity index (χ3v) is 3.76. The van der Waals surface area contributed by atoms with Crippen LogP contribution in [-0.2, 0) is 16.0 Å². The Kier molecular flexibility index (Phi) is 5.90. The zero-order valence-electron chi connectivity index (χ0n) is 12.2. The summed E-state index contributed by atoms with van der Waals surface area (Å²) in [6.45, 7) is 1.24. The van der Waals surface area contributed by atoms with E-state index in [1.54, 1.807) is 0 Å². The number of hydrogen-bond acceptors (Lipinski definition) is 4. The van der Waals surface area contributed by atoms with E-state index in [0.717, 1.165) is 24.9 Å². The van der Waals surface area contributed by atoms with E-state index in [4.69, 9.17) is 5.73 Å². The molecule has 0 unspecified atom stereocenters. The Labute approximate surface area is 125 Å². The fraction of sp³-hybridized carbons (Fsp3) is 0.500. The van der Waals surface area contributed by atoms with Gasteiger partial charge in [-0.25, -0.2) is 0 Å². The molecule has 1 aliphatic heterocycles. The molecule has 0 aliphatic carbocycles. The number of amides is 1. The minimum Gasteiger partial charge on any atom is -0.345 e. The van der Waals surface area contributed by atoms with Gasteiger partial charge in [0.25, 0.3) is 0 Å². The number of hydrogen-bond donors (Lipinski definition) is 3. The maximum absolute atomic E-state index is 12.4. The van der Waals surface area contributed by atoms with E-state index in [1.165, 1.54) is 0 Å². The lowest BCUT2D eigenvalue weighted by Gasteiger charge is -2.19. The predicted octanol–water partition coefficient (Wildman–Crippen LogP) is 0.384. The molecule has 0 bridgehead atoms. The summed E-state index contributed by atoms with van der Waals surface area (Å²) in [7, 11) is 0. The largest absolute Gasteiger partial charge is 0.345 e. The Bertz CT molecular complexity index is 470. The van der Waals surface area contributed by atoms with Gasteiger partial charge in [0.05, 0.1) is 12.1 Å². The molecule has 1 amide bonds. The molecule has 0 spiro atoms. The molecule has 1 heterocycles. The number of nitrogens with two attached hydrogens (primary N) is 1. The maximum Gasteiger partial charge on any atom is 0.237 e. The van der Waals surface area contributed by atoms with Crippen LogP contribution in [0.4, 0.5) is 0 Å². The standard InChI is InChI=1S/C16H23N3O2/c17-9-8-13(19-16(21)14-7-4-10-18-14)15(20)11-12-5-2-1-3-6-12/h1-3,5-6,13-14,18H,4,7-11,17H2,(H,19,21)/t13-,14-/m0/s1. The Morgan fingerprint density at radius 2 is 2.10 bits per heavy atom. The highest BCUT2D eigenvalue weighted by Gasteiger charge is 2.26. The van der Waals surface area contributed by atoms with Crippen LogP contribution in [0, 0.1) is 0 Å². The fourth-order valence-electron chi connectivity index (χ4n) is 2.58. The second-order valence-corrected chi connectivity index (χ2v) is 5.42. The quantitative estimate of drug-likeness (QED) is 0.678. The summed E-state index contributed by atoms with van der Waals surface area (Å²) in [5.74, 6) is -0.0784. The highest BCUT2D eigenvalue weighted by atomic mass is 16.2. The summed E-state index contributed by atoms with van der Waals surface area (Å²) in [6.07, 6.45) is 2.62. The summed E-state index contributed by atoms with van der Waals surface area (Å²) in [5, 5.41) is 5.99. The molecule has 114 valence electrons. The van der Waals surface area contributed by atoms with E-state index in [0.29, 0.717) is 19.4 Å². The molecule has 1 aromatic rings. The number of rotatable bonds is 7. The summed E-state index contributed by atoms with van der Waals surface area (Å²) >= 11 is 0. The molecule has 21 heavy (non-hydrogen) atoms. The highest BCUT2D eigenvalue weighted by Crippen LogP contribution is 2.08. The molecular formula is C16H23N3O2. The van der Waals surface area contributed by atoms with Gasteiger partial charge in [-0.1, -0.05) is 30.3 Å². The molecule has 4 N–H and O–H groups in total. The molecule has 1 fully saturated rings. The van der Waals surface area contributed by atoms with Gasteiger partial charge in [-0.15, -0.1) is 0 Å². The van der Waals surface area contributed by atoms with Gasteiger partial charge in [-0.3, -0.25) is 9.59 Å². The number of carbonyl (C=O) groups is 2. The zero-order valence-corrected chi connectivity index (χ0v) is 12.2. The highest BCUT2D eigenvalue weighted by molar-refractivity contribution is 5.92. The molecule has 0 radical (unpaired) electrons. The average Bonchev–Trinajstić information content (AvgIpc) is 3.02. The molecule has 1 saturated heterocycles. The first-order chi connectivity index (χ1) is 10.2. The van der Waals surface area contributed by atoms with Crippen molar-refractivity contribution in [2.24, 2.45) is 5.73 Å². The SMILES string of the molecule is NCC[C@H](NC(=O)[C@@H]1CCCN1)C(=O)Cc1ccccc1. The first kappa shape index (κ1) is 15.7. The maximum atomic E-state index is 12.4. The Hall–Kier alpha value is -1.72.